The van der Waals surface area contributed by atoms with Gasteiger partial charge in [0.1, 0.15) is 5.60 Å². The number of ether oxygens (including phenoxy) is 1. The third kappa shape index (κ3) is 3.76. The lowest BCUT2D eigenvalue weighted by molar-refractivity contribution is 0.0520. The van der Waals surface area contributed by atoms with Crippen LogP contribution in [0.4, 0.5) is 4.79 Å². The molecule has 1 amide bonds. The lowest BCUT2D eigenvalue weighted by Gasteiger charge is -2.23. The fourth-order valence-electron chi connectivity index (χ4n) is 2.72. The molecular formula is C17H25NO3. The number of rotatable bonds is 4. The van der Waals surface area contributed by atoms with Gasteiger partial charge in [-0.1, -0.05) is 29.8 Å². The Balaban J connectivity index is 2.04. The molecule has 1 unspecified atom stereocenters. The highest BCUT2D eigenvalue weighted by Gasteiger charge is 2.54. The Morgan fingerprint density at radius 3 is 2.48 bits per heavy atom. The van der Waals surface area contributed by atoms with Crippen LogP contribution in [0.3, 0.4) is 0 Å². The van der Waals surface area contributed by atoms with Crippen LogP contribution >= 0.6 is 0 Å². The molecule has 0 bridgehead atoms. The molecule has 1 aromatic rings. The number of aliphatic hydroxyl groups is 1. The monoisotopic (exact) mass is 291 g/mol. The Morgan fingerprint density at radius 2 is 2.00 bits per heavy atom. The van der Waals surface area contributed by atoms with Gasteiger partial charge >= 0.3 is 6.09 Å². The Hall–Kier alpha value is -1.55. The minimum atomic E-state index is -0.499. The van der Waals surface area contributed by atoms with Crippen LogP contribution in [0.2, 0.25) is 0 Å². The molecule has 2 atom stereocenters. The van der Waals surface area contributed by atoms with Crippen molar-refractivity contribution in [1.82, 2.24) is 5.32 Å². The molecule has 0 aliphatic heterocycles. The summed E-state index contributed by atoms with van der Waals surface area (Å²) in [6.45, 7) is 8.22. The summed E-state index contributed by atoms with van der Waals surface area (Å²) in [5.74, 6) is 0.204. The maximum absolute atomic E-state index is 11.8. The first-order chi connectivity index (χ1) is 9.77. The summed E-state index contributed by atoms with van der Waals surface area (Å²) in [7, 11) is 0. The molecule has 4 nitrogen and oxygen atoms in total. The molecule has 1 aliphatic rings. The van der Waals surface area contributed by atoms with Crippen molar-refractivity contribution in [3.8, 4) is 0 Å². The van der Waals surface area contributed by atoms with Crippen LogP contribution in [0, 0.1) is 12.8 Å². The van der Waals surface area contributed by atoms with E-state index in [9.17, 15) is 9.90 Å². The van der Waals surface area contributed by atoms with Gasteiger partial charge in [0.05, 0.1) is 0 Å². The van der Waals surface area contributed by atoms with Crippen molar-refractivity contribution in [2.75, 3.05) is 13.2 Å². The lowest BCUT2D eigenvalue weighted by atomic mass is 9.92. The number of carbonyl (C=O) groups is 1. The Bertz CT molecular complexity index is 504. The second-order valence-corrected chi connectivity index (χ2v) is 6.96. The molecule has 0 spiro atoms. The molecule has 0 radical (unpaired) electrons. The minimum Gasteiger partial charge on any atom is -0.444 e. The van der Waals surface area contributed by atoms with Crippen LogP contribution in [0.5, 0.6) is 0 Å². The second kappa shape index (κ2) is 5.68. The smallest absolute Gasteiger partial charge is 0.407 e. The lowest BCUT2D eigenvalue weighted by Crippen LogP contribution is -2.37. The predicted molar refractivity (Wildman–Crippen MR) is 82.3 cm³/mol. The Labute approximate surface area is 126 Å². The number of hydrogen-bond acceptors (Lipinski definition) is 3. The first kappa shape index (κ1) is 15.8. The predicted octanol–water partition coefficient (Wildman–Crippen LogP) is 2.77. The molecule has 0 aromatic heterocycles. The number of nitrogens with one attached hydrogen (secondary N) is 1. The van der Waals surface area contributed by atoms with Crippen molar-refractivity contribution >= 4 is 6.09 Å². The van der Waals surface area contributed by atoms with Crippen molar-refractivity contribution in [1.29, 1.82) is 0 Å². The molecule has 1 aromatic carbocycles. The molecule has 2 rings (SSSR count). The summed E-state index contributed by atoms with van der Waals surface area (Å²) in [6.07, 6.45) is 0.486. The van der Waals surface area contributed by atoms with E-state index in [-0.39, 0.29) is 17.9 Å². The summed E-state index contributed by atoms with van der Waals surface area (Å²) in [4.78, 5) is 11.8. The van der Waals surface area contributed by atoms with Gasteiger partial charge in [-0.25, -0.2) is 4.79 Å². The zero-order valence-corrected chi connectivity index (χ0v) is 13.3. The Morgan fingerprint density at radius 1 is 1.38 bits per heavy atom. The molecule has 1 saturated carbocycles. The Kier molecular flexibility index (Phi) is 4.28. The van der Waals surface area contributed by atoms with Crippen molar-refractivity contribution in [2.45, 2.75) is 45.1 Å². The highest BCUT2D eigenvalue weighted by molar-refractivity contribution is 5.68. The van der Waals surface area contributed by atoms with Gasteiger partial charge in [0.15, 0.2) is 0 Å². The molecular weight excluding hydrogens is 266 g/mol. The van der Waals surface area contributed by atoms with Crippen LogP contribution in [0.15, 0.2) is 24.3 Å². The SMILES string of the molecule is Cc1ccc([C@]2(CNC(=O)OC(C)(C)C)CC2CO)cc1. The van der Waals surface area contributed by atoms with Gasteiger partial charge in [0.2, 0.25) is 0 Å². The third-order valence-corrected chi connectivity index (χ3v) is 4.03. The van der Waals surface area contributed by atoms with E-state index >= 15 is 0 Å². The van der Waals surface area contributed by atoms with E-state index in [1.54, 1.807) is 0 Å². The molecule has 116 valence electrons. The third-order valence-electron chi connectivity index (χ3n) is 4.03. The first-order valence-corrected chi connectivity index (χ1v) is 7.42. The van der Waals surface area contributed by atoms with E-state index < -0.39 is 11.7 Å². The van der Waals surface area contributed by atoms with Crippen LogP contribution in [0.25, 0.3) is 0 Å². The number of alkyl carbamates (subject to hydrolysis) is 1. The van der Waals surface area contributed by atoms with Gasteiger partial charge < -0.3 is 15.2 Å². The van der Waals surface area contributed by atoms with E-state index in [4.69, 9.17) is 4.74 Å². The summed E-state index contributed by atoms with van der Waals surface area (Å²) < 4.78 is 5.27. The van der Waals surface area contributed by atoms with E-state index in [0.29, 0.717) is 6.54 Å². The quantitative estimate of drug-likeness (QED) is 0.897. The zero-order valence-electron chi connectivity index (χ0n) is 13.3. The van der Waals surface area contributed by atoms with Crippen LogP contribution < -0.4 is 5.32 Å². The van der Waals surface area contributed by atoms with E-state index in [0.717, 1.165) is 6.42 Å². The van der Waals surface area contributed by atoms with Gasteiger partial charge in [-0.05, 0) is 45.6 Å². The molecule has 1 aliphatic carbocycles. The van der Waals surface area contributed by atoms with Crippen molar-refractivity contribution in [3.05, 3.63) is 35.4 Å². The summed E-state index contributed by atoms with van der Waals surface area (Å²) >= 11 is 0. The standard InChI is InChI=1S/C17H25NO3/c1-12-5-7-13(8-6-12)17(9-14(17)10-19)11-18-15(20)21-16(2,3)4/h5-8,14,19H,9-11H2,1-4H3,(H,18,20)/t14?,17-/m1/s1. The molecule has 2 N–H and O–H groups in total. The first-order valence-electron chi connectivity index (χ1n) is 7.42. The zero-order chi connectivity index (χ0) is 15.7. The number of aliphatic hydroxyl groups excluding tert-OH is 1. The van der Waals surface area contributed by atoms with Crippen molar-refractivity contribution in [3.63, 3.8) is 0 Å². The molecule has 0 saturated heterocycles. The largest absolute Gasteiger partial charge is 0.444 e. The van der Waals surface area contributed by atoms with Crippen LogP contribution in [-0.4, -0.2) is 30.0 Å². The summed E-state index contributed by atoms with van der Waals surface area (Å²) in [5, 5.41) is 12.3. The molecule has 21 heavy (non-hydrogen) atoms. The highest BCUT2D eigenvalue weighted by atomic mass is 16.6. The maximum Gasteiger partial charge on any atom is 0.407 e. The molecule has 1 fully saturated rings. The number of carbonyl (C=O) groups excluding carboxylic acids is 1. The average molecular weight is 291 g/mol. The number of aryl methyl sites for hydroxylation is 1. The second-order valence-electron chi connectivity index (χ2n) is 6.96. The van der Waals surface area contributed by atoms with Crippen LogP contribution in [-0.2, 0) is 10.2 Å². The summed E-state index contributed by atoms with van der Waals surface area (Å²) in [6, 6.07) is 8.30. The van der Waals surface area contributed by atoms with Gasteiger partial charge in [-0.2, -0.15) is 0 Å². The summed E-state index contributed by atoms with van der Waals surface area (Å²) in [5.41, 5.74) is 1.72. The average Bonchev–Trinajstić information content (AvgIpc) is 3.10. The normalized spacial score (nSPS) is 24.5. The molecule has 0 heterocycles. The van der Waals surface area contributed by atoms with Crippen molar-refractivity contribution < 1.29 is 14.6 Å². The minimum absolute atomic E-state index is 0.143. The highest BCUT2D eigenvalue weighted by Crippen LogP contribution is 2.53. The van der Waals surface area contributed by atoms with Gasteiger partial charge in [0.25, 0.3) is 0 Å². The number of amides is 1. The topological polar surface area (TPSA) is 58.6 Å². The van der Waals surface area contributed by atoms with E-state index in [2.05, 4.69) is 29.6 Å². The van der Waals surface area contributed by atoms with Gasteiger partial charge in [-0.15, -0.1) is 0 Å². The van der Waals surface area contributed by atoms with E-state index in [1.807, 2.05) is 27.7 Å². The van der Waals surface area contributed by atoms with Crippen LogP contribution in [0.1, 0.15) is 38.3 Å². The fourth-order valence-corrected chi connectivity index (χ4v) is 2.72. The number of benzene rings is 1. The molecule has 4 heteroatoms. The number of hydrogen-bond donors (Lipinski definition) is 2. The van der Waals surface area contributed by atoms with Gasteiger partial charge in [0, 0.05) is 18.6 Å². The van der Waals surface area contributed by atoms with Gasteiger partial charge in [-0.3, -0.25) is 0 Å². The van der Waals surface area contributed by atoms with E-state index in [1.165, 1.54) is 11.1 Å². The fraction of sp³-hybridized carbons (Fsp3) is 0.588. The van der Waals surface area contributed by atoms with Crippen molar-refractivity contribution in [2.24, 2.45) is 5.92 Å². The maximum atomic E-state index is 11.8.